The van der Waals surface area contributed by atoms with Crippen LogP contribution < -0.4 is 21.3 Å². The van der Waals surface area contributed by atoms with Gasteiger partial charge in [0.2, 0.25) is 11.8 Å². The molecule has 0 bridgehead atoms. The number of carboxylic acid groups (broad SMARTS) is 1. The van der Waals surface area contributed by atoms with Crippen LogP contribution in [0.4, 0.5) is 4.79 Å². The van der Waals surface area contributed by atoms with E-state index in [-0.39, 0.29) is 23.9 Å². The maximum Gasteiger partial charge on any atom is 0.404 e. The normalized spacial score (nSPS) is 18.5. The molecule has 23 heavy (non-hydrogen) atoms. The number of rotatable bonds is 9. The Balaban J connectivity index is 2.45. The first-order valence-electron chi connectivity index (χ1n) is 8.21. The van der Waals surface area contributed by atoms with Gasteiger partial charge < -0.3 is 26.4 Å². The van der Waals surface area contributed by atoms with E-state index in [1.807, 2.05) is 13.8 Å². The Morgan fingerprint density at radius 3 is 2.52 bits per heavy atom. The average molecular weight is 328 g/mol. The van der Waals surface area contributed by atoms with E-state index < -0.39 is 12.1 Å². The van der Waals surface area contributed by atoms with Gasteiger partial charge in [0.05, 0.1) is 6.04 Å². The Hall–Kier alpha value is -1.83. The van der Waals surface area contributed by atoms with Gasteiger partial charge in [0.25, 0.3) is 0 Å². The molecule has 0 aliphatic carbocycles. The first kappa shape index (κ1) is 19.2. The van der Waals surface area contributed by atoms with Gasteiger partial charge in [-0.2, -0.15) is 0 Å². The quantitative estimate of drug-likeness (QED) is 0.387. The molecular weight excluding hydrogens is 300 g/mol. The van der Waals surface area contributed by atoms with E-state index in [2.05, 4.69) is 21.3 Å². The minimum absolute atomic E-state index is 0.000171. The molecule has 3 amide bonds. The summed E-state index contributed by atoms with van der Waals surface area (Å²) in [6.45, 7) is 4.89. The average Bonchev–Trinajstić information content (AvgIpc) is 2.98. The van der Waals surface area contributed by atoms with Gasteiger partial charge in [0.15, 0.2) is 0 Å². The Morgan fingerprint density at radius 2 is 1.96 bits per heavy atom. The maximum atomic E-state index is 12.2. The van der Waals surface area contributed by atoms with E-state index in [1.54, 1.807) is 0 Å². The molecular formula is C15H28N4O4. The smallest absolute Gasteiger partial charge is 0.404 e. The van der Waals surface area contributed by atoms with Crippen LogP contribution in [0, 0.1) is 0 Å². The fourth-order valence-corrected chi connectivity index (χ4v) is 2.50. The van der Waals surface area contributed by atoms with Crippen LogP contribution >= 0.6 is 0 Å². The molecule has 8 heteroatoms. The molecule has 0 aromatic heterocycles. The third-order valence-corrected chi connectivity index (χ3v) is 3.64. The topological polar surface area (TPSA) is 120 Å². The highest BCUT2D eigenvalue weighted by Gasteiger charge is 2.27. The first-order chi connectivity index (χ1) is 10.9. The summed E-state index contributed by atoms with van der Waals surface area (Å²) in [7, 11) is 0. The van der Waals surface area contributed by atoms with Crippen molar-refractivity contribution in [3.63, 3.8) is 0 Å². The Kier molecular flexibility index (Phi) is 8.39. The number of unbranched alkanes of at least 4 members (excludes halogenated alkanes) is 1. The summed E-state index contributed by atoms with van der Waals surface area (Å²) in [6, 6.07) is -0.810. The van der Waals surface area contributed by atoms with E-state index in [1.165, 1.54) is 0 Å². The number of hydrogen-bond acceptors (Lipinski definition) is 4. The molecule has 8 nitrogen and oxygen atoms in total. The van der Waals surface area contributed by atoms with Crippen molar-refractivity contribution in [3.8, 4) is 0 Å². The number of nitrogens with one attached hydrogen (secondary N) is 4. The highest BCUT2D eigenvalue weighted by Crippen LogP contribution is 2.07. The van der Waals surface area contributed by atoms with Crippen LogP contribution in [0.15, 0.2) is 0 Å². The van der Waals surface area contributed by atoms with Gasteiger partial charge in [-0.15, -0.1) is 0 Å². The lowest BCUT2D eigenvalue weighted by atomic mass is 10.1. The molecule has 1 rings (SSSR count). The van der Waals surface area contributed by atoms with Crippen LogP contribution in [0.25, 0.3) is 0 Å². The van der Waals surface area contributed by atoms with Gasteiger partial charge in [-0.05, 0) is 52.5 Å². The number of carbonyl (C=O) groups is 3. The van der Waals surface area contributed by atoms with Crippen molar-refractivity contribution in [2.24, 2.45) is 0 Å². The van der Waals surface area contributed by atoms with Crippen LogP contribution in [0.5, 0.6) is 0 Å². The molecule has 132 valence electrons. The number of amides is 3. The monoisotopic (exact) mass is 328 g/mol. The second kappa shape index (κ2) is 10.0. The van der Waals surface area contributed by atoms with Crippen molar-refractivity contribution in [1.29, 1.82) is 0 Å². The molecule has 2 atom stereocenters. The van der Waals surface area contributed by atoms with Gasteiger partial charge in [-0.3, -0.25) is 9.59 Å². The van der Waals surface area contributed by atoms with Crippen LogP contribution in [0.2, 0.25) is 0 Å². The second-order valence-electron chi connectivity index (χ2n) is 6.10. The summed E-state index contributed by atoms with van der Waals surface area (Å²) in [5, 5.41) is 19.5. The SMILES string of the molecule is CC(C)NC(=O)C(CCCCNC(=O)O)NC(=O)C1CCCN1. The minimum atomic E-state index is -1.06. The van der Waals surface area contributed by atoms with Gasteiger partial charge >= 0.3 is 6.09 Å². The molecule has 0 aromatic rings. The molecule has 0 spiro atoms. The van der Waals surface area contributed by atoms with Gasteiger partial charge in [0, 0.05) is 12.6 Å². The third-order valence-electron chi connectivity index (χ3n) is 3.64. The van der Waals surface area contributed by atoms with E-state index in [9.17, 15) is 14.4 Å². The van der Waals surface area contributed by atoms with Gasteiger partial charge in [-0.1, -0.05) is 0 Å². The lowest BCUT2D eigenvalue weighted by Crippen LogP contribution is -2.52. The zero-order chi connectivity index (χ0) is 17.2. The number of carbonyl (C=O) groups excluding carboxylic acids is 2. The van der Waals surface area contributed by atoms with E-state index >= 15 is 0 Å². The van der Waals surface area contributed by atoms with E-state index in [0.29, 0.717) is 25.8 Å². The zero-order valence-corrected chi connectivity index (χ0v) is 13.9. The minimum Gasteiger partial charge on any atom is -0.465 e. The van der Waals surface area contributed by atoms with E-state index in [0.717, 1.165) is 19.4 Å². The third kappa shape index (κ3) is 7.83. The Bertz CT molecular complexity index is 408. The summed E-state index contributed by atoms with van der Waals surface area (Å²) >= 11 is 0. The van der Waals surface area contributed by atoms with Gasteiger partial charge in [0.1, 0.15) is 6.04 Å². The van der Waals surface area contributed by atoms with Crippen molar-refractivity contribution < 1.29 is 19.5 Å². The van der Waals surface area contributed by atoms with Crippen molar-refractivity contribution in [1.82, 2.24) is 21.3 Å². The molecule has 1 saturated heterocycles. The first-order valence-corrected chi connectivity index (χ1v) is 8.21. The molecule has 0 saturated carbocycles. The van der Waals surface area contributed by atoms with Crippen LogP contribution in [0.1, 0.15) is 46.0 Å². The van der Waals surface area contributed by atoms with Crippen LogP contribution in [0.3, 0.4) is 0 Å². The van der Waals surface area contributed by atoms with Crippen molar-refractivity contribution in [2.45, 2.75) is 64.1 Å². The molecule has 0 radical (unpaired) electrons. The zero-order valence-electron chi connectivity index (χ0n) is 13.9. The summed E-state index contributed by atoms with van der Waals surface area (Å²) in [5.74, 6) is -0.340. The highest BCUT2D eigenvalue weighted by atomic mass is 16.4. The molecule has 1 aliphatic rings. The molecule has 0 aromatic carbocycles. The second-order valence-corrected chi connectivity index (χ2v) is 6.10. The van der Waals surface area contributed by atoms with Crippen LogP contribution in [-0.4, -0.2) is 54.2 Å². The van der Waals surface area contributed by atoms with Crippen molar-refractivity contribution in [2.75, 3.05) is 13.1 Å². The van der Waals surface area contributed by atoms with Gasteiger partial charge in [-0.25, -0.2) is 4.79 Å². The molecule has 1 fully saturated rings. The Morgan fingerprint density at radius 1 is 1.22 bits per heavy atom. The van der Waals surface area contributed by atoms with E-state index in [4.69, 9.17) is 5.11 Å². The predicted octanol–water partition coefficient (Wildman–Crippen LogP) is 0.186. The predicted molar refractivity (Wildman–Crippen MR) is 86.1 cm³/mol. The van der Waals surface area contributed by atoms with Crippen molar-refractivity contribution in [3.05, 3.63) is 0 Å². The van der Waals surface area contributed by atoms with Crippen molar-refractivity contribution >= 4 is 17.9 Å². The maximum absolute atomic E-state index is 12.2. The molecule has 5 N–H and O–H groups in total. The lowest BCUT2D eigenvalue weighted by Gasteiger charge is -2.21. The lowest BCUT2D eigenvalue weighted by molar-refractivity contribution is -0.130. The summed E-state index contributed by atoms with van der Waals surface area (Å²) in [4.78, 5) is 34.8. The fourth-order valence-electron chi connectivity index (χ4n) is 2.50. The fraction of sp³-hybridized carbons (Fsp3) is 0.800. The largest absolute Gasteiger partial charge is 0.465 e. The summed E-state index contributed by atoms with van der Waals surface area (Å²) < 4.78 is 0. The standard InChI is InChI=1S/C15H28N4O4/c1-10(2)18-14(21)12(6-3-4-8-17-15(22)23)19-13(20)11-7-5-9-16-11/h10-12,16-17H,3-9H2,1-2H3,(H,18,21)(H,19,20)(H,22,23). The summed E-state index contributed by atoms with van der Waals surface area (Å²) in [6.07, 6.45) is 2.44. The molecule has 1 heterocycles. The van der Waals surface area contributed by atoms with Crippen LogP contribution in [-0.2, 0) is 9.59 Å². The molecule has 2 unspecified atom stereocenters. The molecule has 1 aliphatic heterocycles. The Labute approximate surface area is 136 Å². The number of hydrogen-bond donors (Lipinski definition) is 5. The summed E-state index contributed by atoms with van der Waals surface area (Å²) in [5.41, 5.74) is 0. The highest BCUT2D eigenvalue weighted by molar-refractivity contribution is 5.90.